The maximum absolute atomic E-state index is 12.4. The summed E-state index contributed by atoms with van der Waals surface area (Å²) < 4.78 is 10.6. The molecule has 1 atom stereocenters. The molecule has 2 aromatic rings. The molecule has 1 aliphatic rings. The van der Waals surface area contributed by atoms with Gasteiger partial charge >= 0.3 is 0 Å². The van der Waals surface area contributed by atoms with Gasteiger partial charge in [0, 0.05) is 31.6 Å². The SMILES string of the molecule is COc1ccc(N2C[C@@H](C(=O)NCCc3ccc(C)o3)CC2=O)cc1Cl. The molecule has 138 valence electrons. The molecule has 2 amide bonds. The molecule has 7 heteroatoms. The third-order valence-corrected chi connectivity index (χ3v) is 4.70. The van der Waals surface area contributed by atoms with Crippen LogP contribution >= 0.6 is 11.6 Å². The maximum Gasteiger partial charge on any atom is 0.227 e. The highest BCUT2D eigenvalue weighted by Gasteiger charge is 2.35. The summed E-state index contributed by atoms with van der Waals surface area (Å²) in [6, 6.07) is 8.95. The first-order valence-corrected chi connectivity index (χ1v) is 8.82. The molecule has 0 spiro atoms. The van der Waals surface area contributed by atoms with E-state index in [0.717, 1.165) is 11.5 Å². The summed E-state index contributed by atoms with van der Waals surface area (Å²) in [5.41, 5.74) is 0.669. The molecule has 1 saturated heterocycles. The van der Waals surface area contributed by atoms with E-state index >= 15 is 0 Å². The molecule has 1 aromatic carbocycles. The van der Waals surface area contributed by atoms with Gasteiger partial charge in [-0.2, -0.15) is 0 Å². The van der Waals surface area contributed by atoms with Crippen LogP contribution in [0, 0.1) is 12.8 Å². The number of hydrogen-bond acceptors (Lipinski definition) is 4. The summed E-state index contributed by atoms with van der Waals surface area (Å²) in [4.78, 5) is 26.3. The largest absolute Gasteiger partial charge is 0.495 e. The van der Waals surface area contributed by atoms with Crippen molar-refractivity contribution in [2.75, 3.05) is 25.1 Å². The molecule has 0 aliphatic carbocycles. The molecule has 6 nitrogen and oxygen atoms in total. The fourth-order valence-electron chi connectivity index (χ4n) is 3.03. The molecule has 0 radical (unpaired) electrons. The number of halogens is 1. The Labute approximate surface area is 157 Å². The van der Waals surface area contributed by atoms with E-state index in [4.69, 9.17) is 20.8 Å². The molecular formula is C19H21ClN2O4. The number of nitrogens with one attached hydrogen (secondary N) is 1. The molecule has 3 rings (SSSR count). The van der Waals surface area contributed by atoms with Gasteiger partial charge in [-0.05, 0) is 37.3 Å². The lowest BCUT2D eigenvalue weighted by Gasteiger charge is -2.17. The number of ether oxygens (including phenoxy) is 1. The van der Waals surface area contributed by atoms with E-state index in [1.54, 1.807) is 23.1 Å². The second-order valence-electron chi connectivity index (χ2n) is 6.28. The second-order valence-corrected chi connectivity index (χ2v) is 6.68. The number of benzene rings is 1. The topological polar surface area (TPSA) is 71.8 Å². The lowest BCUT2D eigenvalue weighted by Crippen LogP contribution is -2.34. The van der Waals surface area contributed by atoms with Gasteiger partial charge in [0.15, 0.2) is 0 Å². The van der Waals surface area contributed by atoms with Crippen molar-refractivity contribution in [1.82, 2.24) is 5.32 Å². The van der Waals surface area contributed by atoms with Gasteiger partial charge in [0.25, 0.3) is 0 Å². The Bertz CT molecular complexity index is 818. The van der Waals surface area contributed by atoms with Crippen LogP contribution in [-0.4, -0.2) is 32.0 Å². The first kappa shape index (κ1) is 18.3. The Morgan fingerprint density at radius 3 is 2.85 bits per heavy atom. The number of hydrogen-bond donors (Lipinski definition) is 1. The van der Waals surface area contributed by atoms with E-state index in [-0.39, 0.29) is 24.2 Å². The minimum Gasteiger partial charge on any atom is -0.495 e. The predicted octanol–water partition coefficient (Wildman–Crippen LogP) is 2.96. The molecule has 0 bridgehead atoms. The molecule has 1 N–H and O–H groups in total. The summed E-state index contributed by atoms with van der Waals surface area (Å²) in [5, 5.41) is 3.31. The number of aryl methyl sites for hydroxylation is 1. The molecule has 1 aliphatic heterocycles. The van der Waals surface area contributed by atoms with Gasteiger partial charge in [0.1, 0.15) is 17.3 Å². The summed E-state index contributed by atoms with van der Waals surface area (Å²) >= 11 is 6.13. The summed E-state index contributed by atoms with van der Waals surface area (Å²) in [7, 11) is 1.53. The minimum atomic E-state index is -0.373. The third-order valence-electron chi connectivity index (χ3n) is 4.41. The van der Waals surface area contributed by atoms with Crippen molar-refractivity contribution in [3.8, 4) is 5.75 Å². The zero-order valence-electron chi connectivity index (χ0n) is 14.8. The molecule has 26 heavy (non-hydrogen) atoms. The Morgan fingerprint density at radius 1 is 1.38 bits per heavy atom. The van der Waals surface area contributed by atoms with Gasteiger partial charge < -0.3 is 19.4 Å². The average Bonchev–Trinajstić information content (AvgIpc) is 3.20. The Hall–Kier alpha value is -2.47. The fraction of sp³-hybridized carbons (Fsp3) is 0.368. The highest BCUT2D eigenvalue weighted by molar-refractivity contribution is 6.32. The van der Waals surface area contributed by atoms with Crippen LogP contribution < -0.4 is 15.0 Å². The monoisotopic (exact) mass is 376 g/mol. The second kappa shape index (κ2) is 7.83. The molecule has 0 unspecified atom stereocenters. The van der Waals surface area contributed by atoms with Crippen molar-refractivity contribution < 1.29 is 18.7 Å². The lowest BCUT2D eigenvalue weighted by molar-refractivity contribution is -0.126. The van der Waals surface area contributed by atoms with E-state index in [0.29, 0.717) is 36.0 Å². The number of rotatable bonds is 6. The molecule has 2 heterocycles. The number of amides is 2. The van der Waals surface area contributed by atoms with Crippen LogP contribution in [-0.2, 0) is 16.0 Å². The van der Waals surface area contributed by atoms with Gasteiger partial charge in [-0.25, -0.2) is 0 Å². The molecule has 0 saturated carbocycles. The highest BCUT2D eigenvalue weighted by atomic mass is 35.5. The van der Waals surface area contributed by atoms with Crippen LogP contribution in [0.5, 0.6) is 5.75 Å². The van der Waals surface area contributed by atoms with Crippen LogP contribution in [0.3, 0.4) is 0 Å². The smallest absolute Gasteiger partial charge is 0.227 e. The van der Waals surface area contributed by atoms with Crippen LogP contribution in [0.25, 0.3) is 0 Å². The average molecular weight is 377 g/mol. The predicted molar refractivity (Wildman–Crippen MR) is 98.6 cm³/mol. The Morgan fingerprint density at radius 2 is 2.19 bits per heavy atom. The maximum atomic E-state index is 12.4. The standard InChI is InChI=1S/C19H21ClN2O4/c1-12-3-5-15(26-12)7-8-21-19(24)13-9-18(23)22(11-13)14-4-6-17(25-2)16(20)10-14/h3-6,10,13H,7-9,11H2,1-2H3,(H,21,24)/t13-/m0/s1. The van der Waals surface area contributed by atoms with Gasteiger partial charge in [-0.3, -0.25) is 9.59 Å². The van der Waals surface area contributed by atoms with Crippen molar-refractivity contribution in [3.05, 3.63) is 46.9 Å². The first-order valence-electron chi connectivity index (χ1n) is 8.45. The quantitative estimate of drug-likeness (QED) is 0.841. The van der Waals surface area contributed by atoms with Crippen LogP contribution in [0.4, 0.5) is 5.69 Å². The molecule has 1 aromatic heterocycles. The van der Waals surface area contributed by atoms with Crippen molar-refractivity contribution in [2.45, 2.75) is 19.8 Å². The summed E-state index contributed by atoms with van der Waals surface area (Å²) in [5.74, 6) is 1.64. The number of anilines is 1. The van der Waals surface area contributed by atoms with Crippen LogP contribution in [0.15, 0.2) is 34.7 Å². The van der Waals surface area contributed by atoms with Crippen molar-refractivity contribution in [2.24, 2.45) is 5.92 Å². The van der Waals surface area contributed by atoms with Gasteiger partial charge in [0.05, 0.1) is 18.1 Å². The Kier molecular flexibility index (Phi) is 5.52. The third kappa shape index (κ3) is 4.02. The van der Waals surface area contributed by atoms with E-state index < -0.39 is 0 Å². The van der Waals surface area contributed by atoms with Crippen molar-refractivity contribution >= 4 is 29.1 Å². The number of carbonyl (C=O) groups is 2. The van der Waals surface area contributed by atoms with Crippen LogP contribution in [0.1, 0.15) is 17.9 Å². The molecule has 1 fully saturated rings. The van der Waals surface area contributed by atoms with Gasteiger partial charge in [0.2, 0.25) is 11.8 Å². The first-order chi connectivity index (χ1) is 12.5. The normalized spacial score (nSPS) is 16.8. The zero-order chi connectivity index (χ0) is 18.7. The van der Waals surface area contributed by atoms with Gasteiger partial charge in [-0.15, -0.1) is 0 Å². The van der Waals surface area contributed by atoms with E-state index in [9.17, 15) is 9.59 Å². The summed E-state index contributed by atoms with van der Waals surface area (Å²) in [6.45, 7) is 2.70. The fourth-order valence-corrected chi connectivity index (χ4v) is 3.28. The van der Waals surface area contributed by atoms with Crippen molar-refractivity contribution in [1.29, 1.82) is 0 Å². The lowest BCUT2D eigenvalue weighted by atomic mass is 10.1. The van der Waals surface area contributed by atoms with E-state index in [1.807, 2.05) is 19.1 Å². The minimum absolute atomic E-state index is 0.0898. The van der Waals surface area contributed by atoms with Gasteiger partial charge in [-0.1, -0.05) is 11.6 Å². The number of furan rings is 1. The zero-order valence-corrected chi connectivity index (χ0v) is 15.5. The summed E-state index contributed by atoms with van der Waals surface area (Å²) in [6.07, 6.45) is 0.813. The number of carbonyl (C=O) groups excluding carboxylic acids is 2. The van der Waals surface area contributed by atoms with E-state index in [1.165, 1.54) is 7.11 Å². The Balaban J connectivity index is 1.56. The van der Waals surface area contributed by atoms with Crippen molar-refractivity contribution in [3.63, 3.8) is 0 Å². The highest BCUT2D eigenvalue weighted by Crippen LogP contribution is 2.32. The van der Waals surface area contributed by atoms with E-state index in [2.05, 4.69) is 5.32 Å². The number of nitrogens with zero attached hydrogens (tertiary/aromatic N) is 1. The molecular weight excluding hydrogens is 356 g/mol. The van der Waals surface area contributed by atoms with Crippen LogP contribution in [0.2, 0.25) is 5.02 Å². The number of methoxy groups -OCH3 is 1.